The summed E-state index contributed by atoms with van der Waals surface area (Å²) in [6, 6.07) is 8.76. The second-order valence-electron chi connectivity index (χ2n) is 11.6. The molecule has 8 heteroatoms. The first kappa shape index (κ1) is 25.9. The number of piperidine rings is 1. The minimum absolute atomic E-state index is 0.126. The van der Waals surface area contributed by atoms with Crippen molar-refractivity contribution in [2.45, 2.75) is 76.9 Å². The maximum Gasteiger partial charge on any atom is 0.253 e. The summed E-state index contributed by atoms with van der Waals surface area (Å²) < 4.78 is 0. The molecule has 1 aromatic heterocycles. The number of imidazole rings is 1. The van der Waals surface area contributed by atoms with Crippen molar-refractivity contribution in [1.82, 2.24) is 24.7 Å². The second-order valence-corrected chi connectivity index (χ2v) is 11.6. The normalized spacial score (nSPS) is 20.9. The lowest BCUT2D eigenvalue weighted by atomic mass is 9.77. The molecule has 37 heavy (non-hydrogen) atoms. The van der Waals surface area contributed by atoms with Crippen molar-refractivity contribution < 1.29 is 4.79 Å². The van der Waals surface area contributed by atoms with Crippen LogP contribution in [0.5, 0.6) is 0 Å². The molecule has 3 heterocycles. The molecule has 1 amide bonds. The molecule has 5 rings (SSSR count). The van der Waals surface area contributed by atoms with Crippen molar-refractivity contribution in [3.63, 3.8) is 0 Å². The summed E-state index contributed by atoms with van der Waals surface area (Å²) >= 11 is 0. The first-order chi connectivity index (χ1) is 18.0. The van der Waals surface area contributed by atoms with Gasteiger partial charge in [-0.05, 0) is 68.3 Å². The van der Waals surface area contributed by atoms with Crippen LogP contribution < -0.4 is 5.73 Å². The molecule has 2 aliphatic heterocycles. The van der Waals surface area contributed by atoms with Gasteiger partial charge in [-0.1, -0.05) is 37.8 Å². The number of carbonyl (C=O) groups is 1. The van der Waals surface area contributed by atoms with Crippen LogP contribution in [0, 0.1) is 10.8 Å². The Hall–Kier alpha value is -2.71. The van der Waals surface area contributed by atoms with Gasteiger partial charge in [0.05, 0.1) is 13.1 Å². The van der Waals surface area contributed by atoms with Crippen molar-refractivity contribution in [3.05, 3.63) is 53.6 Å². The predicted octanol–water partition coefficient (Wildman–Crippen LogP) is 4.00. The number of benzene rings is 1. The Bertz CT molecular complexity index is 1020. The van der Waals surface area contributed by atoms with Gasteiger partial charge in [-0.15, -0.1) is 0 Å². The smallest absolute Gasteiger partial charge is 0.253 e. The van der Waals surface area contributed by atoms with Crippen LogP contribution in [0.15, 0.2) is 36.7 Å². The molecule has 200 valence electrons. The van der Waals surface area contributed by atoms with E-state index in [1.165, 1.54) is 64.5 Å². The molecule has 0 atom stereocenters. The first-order valence-electron chi connectivity index (χ1n) is 14.2. The molecule has 1 aliphatic carbocycles. The van der Waals surface area contributed by atoms with Gasteiger partial charge in [-0.25, -0.2) is 4.98 Å². The third-order valence-electron chi connectivity index (χ3n) is 8.85. The highest BCUT2D eigenvalue weighted by Gasteiger charge is 2.43. The number of nitrogens with one attached hydrogen (secondary N) is 2. The number of nitrogens with zero attached hydrogens (tertiary/aromatic N) is 4. The topological polar surface area (TPSA) is 105 Å². The zero-order chi connectivity index (χ0) is 25.7. The van der Waals surface area contributed by atoms with E-state index < -0.39 is 0 Å². The van der Waals surface area contributed by atoms with E-state index >= 15 is 0 Å². The van der Waals surface area contributed by atoms with E-state index in [0.717, 1.165) is 42.5 Å². The summed E-state index contributed by atoms with van der Waals surface area (Å²) in [7, 11) is 0. The highest BCUT2D eigenvalue weighted by atomic mass is 16.2. The minimum Gasteiger partial charge on any atom is -0.387 e. The maximum atomic E-state index is 13.4. The van der Waals surface area contributed by atoms with Gasteiger partial charge in [-0.3, -0.25) is 15.1 Å². The molecular weight excluding hydrogens is 462 g/mol. The molecule has 1 spiro atoms. The molecule has 0 unspecified atom stereocenters. The van der Waals surface area contributed by atoms with Crippen LogP contribution in [0.2, 0.25) is 0 Å². The fourth-order valence-corrected chi connectivity index (χ4v) is 6.70. The number of hydrogen-bond acceptors (Lipinski definition) is 5. The van der Waals surface area contributed by atoms with E-state index in [1.54, 1.807) is 12.4 Å². The summed E-state index contributed by atoms with van der Waals surface area (Å²) in [4.78, 5) is 27.7. The molecule has 1 aromatic carbocycles. The van der Waals surface area contributed by atoms with Crippen LogP contribution in [-0.4, -0.2) is 75.2 Å². The monoisotopic (exact) mass is 505 g/mol. The number of amides is 1. The van der Waals surface area contributed by atoms with Crippen molar-refractivity contribution in [2.24, 2.45) is 11.1 Å². The van der Waals surface area contributed by atoms with Crippen LogP contribution in [-0.2, 0) is 13.1 Å². The van der Waals surface area contributed by atoms with Gasteiger partial charge in [0.2, 0.25) is 0 Å². The van der Waals surface area contributed by atoms with Gasteiger partial charge in [-0.2, -0.15) is 0 Å². The molecule has 2 saturated heterocycles. The third kappa shape index (κ3) is 6.60. The van der Waals surface area contributed by atoms with Crippen LogP contribution in [0.25, 0.3) is 0 Å². The van der Waals surface area contributed by atoms with Crippen LogP contribution in [0.3, 0.4) is 0 Å². The standard InChI is InChI=1S/C29H43N7O/c30-26(31)20-34(21-27-32-14-15-33-27)19-23-7-9-24(10-8-23)28(37)36-18-13-29(22-36)11-16-35(17-12-29)25-5-3-1-2-4-6-25/h7-10,14-15,25H,1-6,11-13,16-22H2,(H3,30,31)(H,32,33). The number of H-pyrrole nitrogens is 1. The lowest BCUT2D eigenvalue weighted by molar-refractivity contribution is 0.0616. The second kappa shape index (κ2) is 11.8. The van der Waals surface area contributed by atoms with Crippen LogP contribution >= 0.6 is 0 Å². The SMILES string of the molecule is N=C(N)CN(Cc1ccc(C(=O)N2CCC3(CCN(C4CCCCCC4)CC3)C2)cc1)Cc1ncc[nH]1. The lowest BCUT2D eigenvalue weighted by Gasteiger charge is -2.42. The highest BCUT2D eigenvalue weighted by Crippen LogP contribution is 2.42. The Morgan fingerprint density at radius 2 is 1.76 bits per heavy atom. The highest BCUT2D eigenvalue weighted by molar-refractivity contribution is 5.94. The number of aromatic nitrogens is 2. The van der Waals surface area contributed by atoms with E-state index in [0.29, 0.717) is 25.0 Å². The number of likely N-dealkylation sites (tertiary alicyclic amines) is 2. The number of amidine groups is 1. The molecule has 3 fully saturated rings. The quantitative estimate of drug-likeness (QED) is 0.286. The molecule has 1 saturated carbocycles. The van der Waals surface area contributed by atoms with Gasteiger partial charge < -0.3 is 20.5 Å². The number of nitrogens with two attached hydrogens (primary N) is 1. The van der Waals surface area contributed by atoms with Gasteiger partial charge in [0.1, 0.15) is 11.7 Å². The van der Waals surface area contributed by atoms with Crippen LogP contribution in [0.1, 0.15) is 79.5 Å². The van der Waals surface area contributed by atoms with Gasteiger partial charge in [0.25, 0.3) is 5.91 Å². The number of carbonyl (C=O) groups excluding carboxylic acids is 1. The van der Waals surface area contributed by atoms with Crippen molar-refractivity contribution in [1.29, 1.82) is 5.41 Å². The fourth-order valence-electron chi connectivity index (χ4n) is 6.70. The fraction of sp³-hybridized carbons (Fsp3) is 0.621. The number of rotatable bonds is 8. The number of aromatic amines is 1. The molecular formula is C29H43N7O. The maximum absolute atomic E-state index is 13.4. The summed E-state index contributed by atoms with van der Waals surface area (Å²) in [6.07, 6.45) is 15.5. The Labute approximate surface area is 221 Å². The summed E-state index contributed by atoms with van der Waals surface area (Å²) in [5, 5.41) is 7.71. The van der Waals surface area contributed by atoms with Crippen molar-refractivity contribution in [3.8, 4) is 0 Å². The Morgan fingerprint density at radius 3 is 2.41 bits per heavy atom. The third-order valence-corrected chi connectivity index (χ3v) is 8.85. The largest absolute Gasteiger partial charge is 0.387 e. The summed E-state index contributed by atoms with van der Waals surface area (Å²) in [5.41, 5.74) is 7.85. The van der Waals surface area contributed by atoms with E-state index in [9.17, 15) is 4.79 Å². The molecule has 4 N–H and O–H groups in total. The van der Waals surface area contributed by atoms with Crippen LogP contribution in [0.4, 0.5) is 0 Å². The summed E-state index contributed by atoms with van der Waals surface area (Å²) in [5.74, 6) is 1.13. The summed E-state index contributed by atoms with van der Waals surface area (Å²) in [6.45, 7) is 5.78. The van der Waals surface area contributed by atoms with Crippen molar-refractivity contribution >= 4 is 11.7 Å². The Morgan fingerprint density at radius 1 is 1.05 bits per heavy atom. The average Bonchev–Trinajstić information content (AvgIpc) is 3.47. The Kier molecular flexibility index (Phi) is 8.25. The predicted molar refractivity (Wildman–Crippen MR) is 146 cm³/mol. The van der Waals surface area contributed by atoms with Gasteiger partial charge in [0, 0.05) is 43.6 Å². The van der Waals surface area contributed by atoms with Gasteiger partial charge in [0.15, 0.2) is 0 Å². The van der Waals surface area contributed by atoms with E-state index in [-0.39, 0.29) is 11.7 Å². The average molecular weight is 506 g/mol. The van der Waals surface area contributed by atoms with E-state index in [2.05, 4.69) is 24.7 Å². The Balaban J connectivity index is 1.14. The first-order valence-corrected chi connectivity index (χ1v) is 14.2. The zero-order valence-corrected chi connectivity index (χ0v) is 22.1. The number of hydrogen-bond donors (Lipinski definition) is 3. The molecule has 2 aromatic rings. The molecule has 0 radical (unpaired) electrons. The lowest BCUT2D eigenvalue weighted by Crippen LogP contribution is -2.46. The van der Waals surface area contributed by atoms with E-state index in [4.69, 9.17) is 11.1 Å². The van der Waals surface area contributed by atoms with Crippen molar-refractivity contribution in [2.75, 3.05) is 32.7 Å². The molecule has 3 aliphatic rings. The molecule has 8 nitrogen and oxygen atoms in total. The van der Waals surface area contributed by atoms with Gasteiger partial charge >= 0.3 is 0 Å². The zero-order valence-electron chi connectivity index (χ0n) is 22.1. The molecule has 0 bridgehead atoms. The minimum atomic E-state index is 0.126. The van der Waals surface area contributed by atoms with E-state index in [1.807, 2.05) is 24.3 Å².